The molecule has 0 saturated carbocycles. The molecule has 142 valence electrons. The van der Waals surface area contributed by atoms with Crippen molar-refractivity contribution in [3.63, 3.8) is 0 Å². The second-order valence-electron chi connectivity index (χ2n) is 6.99. The van der Waals surface area contributed by atoms with Crippen LogP contribution in [0.1, 0.15) is 45.0 Å². The number of amides is 1. The lowest BCUT2D eigenvalue weighted by molar-refractivity contribution is 0.0687. The van der Waals surface area contributed by atoms with Crippen LogP contribution in [0.5, 0.6) is 0 Å². The van der Waals surface area contributed by atoms with Gasteiger partial charge >= 0.3 is 5.97 Å². The molecule has 4 rings (SSSR count). The van der Waals surface area contributed by atoms with Gasteiger partial charge in [0.25, 0.3) is 5.91 Å². The van der Waals surface area contributed by atoms with E-state index >= 15 is 0 Å². The van der Waals surface area contributed by atoms with Crippen molar-refractivity contribution in [2.24, 2.45) is 0 Å². The van der Waals surface area contributed by atoms with Crippen molar-refractivity contribution in [3.05, 3.63) is 83.7 Å². The largest absolute Gasteiger partial charge is 0.478 e. The Bertz CT molecular complexity index is 998. The Morgan fingerprint density at radius 3 is 2.71 bits per heavy atom. The maximum Gasteiger partial charge on any atom is 0.335 e. The van der Waals surface area contributed by atoms with Gasteiger partial charge in [-0.05, 0) is 48.7 Å². The van der Waals surface area contributed by atoms with Gasteiger partial charge in [0.1, 0.15) is 0 Å². The Kier molecular flexibility index (Phi) is 4.93. The molecule has 1 aliphatic rings. The number of hydrogen-bond acceptors (Lipinski definition) is 3. The fraction of sp³-hybridized carbons (Fsp3) is 0.227. The van der Waals surface area contributed by atoms with Crippen molar-refractivity contribution >= 4 is 11.9 Å². The molecule has 1 saturated heterocycles. The number of carbonyl (C=O) groups excluding carboxylic acids is 1. The molecule has 1 unspecified atom stereocenters. The number of aromatic carboxylic acids is 1. The standard InChI is InChI=1S/C22H21N3O3/c26-21(19-9-1-2-10-20(19)25-13-5-11-23-25)24-12-4-8-18(15-24)16-6-3-7-17(14-16)22(27)28/h1-3,5-7,9-11,13-14,18H,4,8,12,15H2,(H,27,28). The van der Waals surface area contributed by atoms with Crippen LogP contribution >= 0.6 is 0 Å². The second-order valence-corrected chi connectivity index (χ2v) is 6.99. The molecule has 1 fully saturated rings. The molecule has 2 aromatic carbocycles. The van der Waals surface area contributed by atoms with Gasteiger partial charge in [0.2, 0.25) is 0 Å². The zero-order valence-corrected chi connectivity index (χ0v) is 15.4. The van der Waals surface area contributed by atoms with Crippen LogP contribution in [0.4, 0.5) is 0 Å². The van der Waals surface area contributed by atoms with Crippen molar-refractivity contribution < 1.29 is 14.7 Å². The van der Waals surface area contributed by atoms with E-state index in [4.69, 9.17) is 0 Å². The Morgan fingerprint density at radius 2 is 1.93 bits per heavy atom. The number of aromatic nitrogens is 2. The number of para-hydroxylation sites is 1. The van der Waals surface area contributed by atoms with Crippen LogP contribution in [0.2, 0.25) is 0 Å². The van der Waals surface area contributed by atoms with E-state index in [0.29, 0.717) is 18.7 Å². The fourth-order valence-electron chi connectivity index (χ4n) is 3.80. The summed E-state index contributed by atoms with van der Waals surface area (Å²) < 4.78 is 1.70. The van der Waals surface area contributed by atoms with E-state index in [1.165, 1.54) is 0 Å². The first kappa shape index (κ1) is 18.0. The van der Waals surface area contributed by atoms with Crippen LogP contribution in [0.25, 0.3) is 5.69 Å². The number of carbonyl (C=O) groups is 2. The predicted molar refractivity (Wildman–Crippen MR) is 105 cm³/mol. The van der Waals surface area contributed by atoms with Crippen molar-refractivity contribution in [2.75, 3.05) is 13.1 Å². The van der Waals surface area contributed by atoms with Crippen molar-refractivity contribution in [1.82, 2.24) is 14.7 Å². The minimum atomic E-state index is -0.932. The van der Waals surface area contributed by atoms with Gasteiger partial charge in [-0.2, -0.15) is 5.10 Å². The third kappa shape index (κ3) is 3.53. The van der Waals surface area contributed by atoms with Gasteiger partial charge in [-0.25, -0.2) is 9.48 Å². The summed E-state index contributed by atoms with van der Waals surface area (Å²) in [5, 5.41) is 13.5. The lowest BCUT2D eigenvalue weighted by atomic mass is 9.89. The first-order valence-corrected chi connectivity index (χ1v) is 9.35. The van der Waals surface area contributed by atoms with Crippen LogP contribution in [0, 0.1) is 0 Å². The summed E-state index contributed by atoms with van der Waals surface area (Å²) in [5.41, 5.74) is 2.63. The molecule has 0 radical (unpaired) electrons. The smallest absolute Gasteiger partial charge is 0.335 e. The number of hydrogen-bond donors (Lipinski definition) is 1. The highest BCUT2D eigenvalue weighted by Crippen LogP contribution is 2.29. The highest BCUT2D eigenvalue weighted by Gasteiger charge is 2.27. The Hall–Kier alpha value is -3.41. The third-order valence-corrected chi connectivity index (χ3v) is 5.20. The van der Waals surface area contributed by atoms with Crippen molar-refractivity contribution in [1.29, 1.82) is 0 Å². The Balaban J connectivity index is 1.58. The molecule has 0 bridgehead atoms. The molecule has 6 nitrogen and oxygen atoms in total. The van der Waals surface area contributed by atoms with Gasteiger partial charge in [0.05, 0.1) is 16.8 Å². The first-order valence-electron chi connectivity index (χ1n) is 9.35. The number of benzene rings is 2. The van der Waals surface area contributed by atoms with Gasteiger partial charge in [0, 0.05) is 31.4 Å². The van der Waals surface area contributed by atoms with E-state index in [2.05, 4.69) is 5.10 Å². The molecule has 2 heterocycles. The summed E-state index contributed by atoms with van der Waals surface area (Å²) in [4.78, 5) is 26.4. The zero-order valence-electron chi connectivity index (χ0n) is 15.4. The summed E-state index contributed by atoms with van der Waals surface area (Å²) in [7, 11) is 0. The molecule has 28 heavy (non-hydrogen) atoms. The van der Waals surface area contributed by atoms with Crippen LogP contribution in [0.15, 0.2) is 67.0 Å². The molecule has 1 atom stereocenters. The average Bonchev–Trinajstić information content (AvgIpc) is 3.28. The second kappa shape index (κ2) is 7.68. The first-order chi connectivity index (χ1) is 13.6. The summed E-state index contributed by atoms with van der Waals surface area (Å²) in [6.45, 7) is 1.27. The molecule has 0 aliphatic carbocycles. The quantitative estimate of drug-likeness (QED) is 0.756. The van der Waals surface area contributed by atoms with Crippen LogP contribution in [0.3, 0.4) is 0 Å². The van der Waals surface area contributed by atoms with Crippen molar-refractivity contribution in [2.45, 2.75) is 18.8 Å². The maximum absolute atomic E-state index is 13.3. The summed E-state index contributed by atoms with van der Waals surface area (Å²) in [5.74, 6) is -0.821. The Labute approximate surface area is 163 Å². The summed E-state index contributed by atoms with van der Waals surface area (Å²) >= 11 is 0. The molecule has 3 aromatic rings. The number of carboxylic acid groups (broad SMARTS) is 1. The molecule has 1 aromatic heterocycles. The van der Waals surface area contributed by atoms with Gasteiger partial charge in [0.15, 0.2) is 0 Å². The normalized spacial score (nSPS) is 16.7. The minimum absolute atomic E-state index is 0.0230. The zero-order chi connectivity index (χ0) is 19.5. The van der Waals surface area contributed by atoms with Gasteiger partial charge < -0.3 is 10.0 Å². The van der Waals surface area contributed by atoms with E-state index in [-0.39, 0.29) is 17.4 Å². The van der Waals surface area contributed by atoms with E-state index in [1.807, 2.05) is 47.5 Å². The average molecular weight is 375 g/mol. The van der Waals surface area contributed by atoms with E-state index in [9.17, 15) is 14.7 Å². The number of likely N-dealkylation sites (tertiary alicyclic amines) is 1. The minimum Gasteiger partial charge on any atom is -0.478 e. The molecule has 1 aliphatic heterocycles. The maximum atomic E-state index is 13.3. The number of carboxylic acids is 1. The van der Waals surface area contributed by atoms with Crippen LogP contribution in [-0.2, 0) is 0 Å². The number of nitrogens with zero attached hydrogens (tertiary/aromatic N) is 3. The van der Waals surface area contributed by atoms with Gasteiger partial charge in [-0.3, -0.25) is 4.79 Å². The van der Waals surface area contributed by atoms with E-state index < -0.39 is 5.97 Å². The highest BCUT2D eigenvalue weighted by molar-refractivity contribution is 5.97. The van der Waals surface area contributed by atoms with E-state index in [1.54, 1.807) is 29.1 Å². The molecule has 6 heteroatoms. The third-order valence-electron chi connectivity index (χ3n) is 5.20. The number of piperidine rings is 1. The molecular formula is C22H21N3O3. The molecule has 1 N–H and O–H groups in total. The fourth-order valence-corrected chi connectivity index (χ4v) is 3.80. The summed E-state index contributed by atoms with van der Waals surface area (Å²) in [6.07, 6.45) is 5.33. The SMILES string of the molecule is O=C(O)c1cccc(C2CCCN(C(=O)c3ccccc3-n3cccn3)C2)c1. The topological polar surface area (TPSA) is 75.4 Å². The van der Waals surface area contributed by atoms with Gasteiger partial charge in [-0.1, -0.05) is 24.3 Å². The Morgan fingerprint density at radius 1 is 1.07 bits per heavy atom. The number of rotatable bonds is 4. The summed E-state index contributed by atoms with van der Waals surface area (Å²) in [6, 6.07) is 16.3. The lowest BCUT2D eigenvalue weighted by Crippen LogP contribution is -2.39. The van der Waals surface area contributed by atoms with Crippen molar-refractivity contribution in [3.8, 4) is 5.69 Å². The molecule has 1 amide bonds. The van der Waals surface area contributed by atoms with Crippen LogP contribution in [-0.4, -0.2) is 44.8 Å². The van der Waals surface area contributed by atoms with Gasteiger partial charge in [-0.15, -0.1) is 0 Å². The predicted octanol–water partition coefficient (Wildman–Crippen LogP) is 3.59. The van der Waals surface area contributed by atoms with E-state index in [0.717, 1.165) is 24.1 Å². The van der Waals surface area contributed by atoms with Crippen LogP contribution < -0.4 is 0 Å². The lowest BCUT2D eigenvalue weighted by Gasteiger charge is -2.33. The highest BCUT2D eigenvalue weighted by atomic mass is 16.4. The molecule has 0 spiro atoms. The molecular weight excluding hydrogens is 354 g/mol. The monoisotopic (exact) mass is 375 g/mol.